The number of amides is 1. The van der Waals surface area contributed by atoms with Gasteiger partial charge in [-0.3, -0.25) is 4.79 Å². The van der Waals surface area contributed by atoms with Gasteiger partial charge in [0, 0.05) is 11.6 Å². The van der Waals surface area contributed by atoms with Crippen molar-refractivity contribution in [2.24, 2.45) is 0 Å². The normalized spacial score (nSPS) is 11.4. The van der Waals surface area contributed by atoms with Crippen LogP contribution in [0.5, 0.6) is 5.75 Å². The van der Waals surface area contributed by atoms with Crippen LogP contribution in [0, 0.1) is 6.92 Å². The van der Waals surface area contributed by atoms with Gasteiger partial charge in [-0.25, -0.2) is 8.42 Å². The van der Waals surface area contributed by atoms with Gasteiger partial charge in [-0.05, 0) is 60.9 Å². The van der Waals surface area contributed by atoms with E-state index >= 15 is 0 Å². The number of aryl methyl sites for hydroxylation is 1. The second-order valence-corrected chi connectivity index (χ2v) is 9.65. The molecule has 0 spiro atoms. The zero-order chi connectivity index (χ0) is 23.1. The molecule has 0 aliphatic carbocycles. The van der Waals surface area contributed by atoms with E-state index in [9.17, 15) is 13.2 Å². The number of benzene rings is 3. The molecule has 1 amide bonds. The fraction of sp³-hybridized carbons (Fsp3) is 0.208. The van der Waals surface area contributed by atoms with Crippen LogP contribution in [-0.2, 0) is 21.2 Å². The van der Waals surface area contributed by atoms with Gasteiger partial charge in [0.25, 0.3) is 0 Å². The van der Waals surface area contributed by atoms with Crippen molar-refractivity contribution in [1.82, 2.24) is 4.31 Å². The highest BCUT2D eigenvalue weighted by Gasteiger charge is 2.27. The average molecular weight is 473 g/mol. The number of carbonyl (C=O) groups is 1. The Kier molecular flexibility index (Phi) is 7.90. The highest BCUT2D eigenvalue weighted by molar-refractivity contribution is 7.89. The number of nitrogens with one attached hydrogen (secondary N) is 1. The molecular formula is C24H25ClN2O4S. The summed E-state index contributed by atoms with van der Waals surface area (Å²) in [7, 11) is -2.41. The van der Waals surface area contributed by atoms with Crippen molar-refractivity contribution >= 4 is 33.2 Å². The molecule has 0 saturated carbocycles. The van der Waals surface area contributed by atoms with Gasteiger partial charge in [0.2, 0.25) is 15.9 Å². The quantitative estimate of drug-likeness (QED) is 0.496. The van der Waals surface area contributed by atoms with Gasteiger partial charge in [0.05, 0.1) is 24.2 Å². The maximum absolute atomic E-state index is 13.3. The summed E-state index contributed by atoms with van der Waals surface area (Å²) in [6.07, 6.45) is 0.467. The highest BCUT2D eigenvalue weighted by atomic mass is 35.5. The second-order valence-electron chi connectivity index (χ2n) is 7.28. The Morgan fingerprint density at radius 2 is 1.72 bits per heavy atom. The summed E-state index contributed by atoms with van der Waals surface area (Å²) < 4.78 is 33.1. The average Bonchev–Trinajstić information content (AvgIpc) is 2.77. The predicted octanol–water partition coefficient (Wildman–Crippen LogP) is 4.53. The van der Waals surface area contributed by atoms with Crippen molar-refractivity contribution in [2.45, 2.75) is 18.2 Å². The molecule has 0 unspecified atom stereocenters. The first-order chi connectivity index (χ1) is 15.3. The Balaban J connectivity index is 1.84. The van der Waals surface area contributed by atoms with Crippen LogP contribution in [0.15, 0.2) is 77.7 Å². The third-order valence-electron chi connectivity index (χ3n) is 4.89. The van der Waals surface area contributed by atoms with Crippen LogP contribution >= 0.6 is 11.6 Å². The minimum Gasteiger partial charge on any atom is -0.495 e. The van der Waals surface area contributed by atoms with E-state index in [4.69, 9.17) is 16.3 Å². The molecule has 0 aromatic heterocycles. The van der Waals surface area contributed by atoms with E-state index in [1.165, 1.54) is 35.7 Å². The molecule has 0 radical (unpaired) electrons. The van der Waals surface area contributed by atoms with Crippen LogP contribution in [0.25, 0.3) is 0 Å². The first-order valence-corrected chi connectivity index (χ1v) is 11.9. The summed E-state index contributed by atoms with van der Waals surface area (Å²) in [5.41, 5.74) is 2.41. The van der Waals surface area contributed by atoms with Crippen molar-refractivity contribution in [2.75, 3.05) is 25.5 Å². The number of hydrogen-bond donors (Lipinski definition) is 1. The molecule has 32 heavy (non-hydrogen) atoms. The van der Waals surface area contributed by atoms with Gasteiger partial charge in [0.1, 0.15) is 5.75 Å². The van der Waals surface area contributed by atoms with Crippen molar-refractivity contribution in [3.8, 4) is 5.75 Å². The lowest BCUT2D eigenvalue weighted by atomic mass is 10.1. The molecular weight excluding hydrogens is 448 g/mol. The lowest BCUT2D eigenvalue weighted by Crippen LogP contribution is -2.39. The Bertz CT molecular complexity index is 1170. The third-order valence-corrected chi connectivity index (χ3v) is 7.00. The highest BCUT2D eigenvalue weighted by Crippen LogP contribution is 2.25. The Morgan fingerprint density at radius 1 is 1.03 bits per heavy atom. The number of hydrogen-bond acceptors (Lipinski definition) is 4. The minimum atomic E-state index is -3.92. The maximum atomic E-state index is 13.3. The van der Waals surface area contributed by atoms with Gasteiger partial charge >= 0.3 is 0 Å². The molecule has 168 valence electrons. The summed E-state index contributed by atoms with van der Waals surface area (Å²) in [5, 5.41) is 3.21. The van der Waals surface area contributed by atoms with Crippen molar-refractivity contribution in [1.29, 1.82) is 0 Å². The largest absolute Gasteiger partial charge is 0.495 e. The number of halogens is 1. The van der Waals surface area contributed by atoms with E-state index in [0.29, 0.717) is 22.9 Å². The first kappa shape index (κ1) is 23.8. The Hall–Kier alpha value is -2.87. The standard InChI is InChI=1S/C24H25ClN2O4S/c1-18-8-13-23(31-2)22(16-18)26-24(28)17-27(15-14-19-6-4-3-5-7-19)32(29,30)21-11-9-20(25)10-12-21/h3-13,16H,14-15,17H2,1-2H3,(H,26,28). The molecule has 8 heteroatoms. The van der Waals surface area contributed by atoms with Crippen molar-refractivity contribution < 1.29 is 17.9 Å². The molecule has 0 saturated heterocycles. The SMILES string of the molecule is COc1ccc(C)cc1NC(=O)CN(CCc1ccccc1)S(=O)(=O)c1ccc(Cl)cc1. The third kappa shape index (κ3) is 6.09. The number of methoxy groups -OCH3 is 1. The van der Waals surface area contributed by atoms with E-state index < -0.39 is 15.9 Å². The van der Waals surface area contributed by atoms with E-state index in [-0.39, 0.29) is 18.0 Å². The lowest BCUT2D eigenvalue weighted by molar-refractivity contribution is -0.116. The predicted molar refractivity (Wildman–Crippen MR) is 127 cm³/mol. The van der Waals surface area contributed by atoms with Crippen LogP contribution in [-0.4, -0.2) is 38.8 Å². The van der Waals surface area contributed by atoms with E-state index in [1.807, 2.05) is 43.3 Å². The maximum Gasteiger partial charge on any atom is 0.243 e. The number of nitrogens with zero attached hydrogens (tertiary/aromatic N) is 1. The number of carbonyl (C=O) groups excluding carboxylic acids is 1. The van der Waals surface area contributed by atoms with Crippen LogP contribution in [0.3, 0.4) is 0 Å². The van der Waals surface area contributed by atoms with Crippen LogP contribution in [0.2, 0.25) is 5.02 Å². The topological polar surface area (TPSA) is 75.7 Å². The zero-order valence-electron chi connectivity index (χ0n) is 17.9. The van der Waals surface area contributed by atoms with Crippen molar-refractivity contribution in [3.63, 3.8) is 0 Å². The Morgan fingerprint density at radius 3 is 2.38 bits per heavy atom. The fourth-order valence-electron chi connectivity index (χ4n) is 3.21. The zero-order valence-corrected chi connectivity index (χ0v) is 19.5. The van der Waals surface area contributed by atoms with Crippen molar-refractivity contribution in [3.05, 3.63) is 88.9 Å². The molecule has 0 aliphatic rings. The van der Waals surface area contributed by atoms with Crippen LogP contribution < -0.4 is 10.1 Å². The second kappa shape index (κ2) is 10.6. The number of anilines is 1. The van der Waals surface area contributed by atoms with E-state index in [1.54, 1.807) is 12.1 Å². The van der Waals surface area contributed by atoms with E-state index in [2.05, 4.69) is 5.32 Å². The van der Waals surface area contributed by atoms with Gasteiger partial charge in [-0.15, -0.1) is 0 Å². The smallest absolute Gasteiger partial charge is 0.243 e. The van der Waals surface area contributed by atoms with Crippen LogP contribution in [0.1, 0.15) is 11.1 Å². The lowest BCUT2D eigenvalue weighted by Gasteiger charge is -2.22. The molecule has 1 N–H and O–H groups in total. The summed E-state index contributed by atoms with van der Waals surface area (Å²) >= 11 is 5.91. The van der Waals surface area contributed by atoms with Crippen LogP contribution in [0.4, 0.5) is 5.69 Å². The molecule has 3 rings (SSSR count). The monoisotopic (exact) mass is 472 g/mol. The number of sulfonamides is 1. The number of ether oxygens (including phenoxy) is 1. The summed E-state index contributed by atoms with van der Waals surface area (Å²) in [6, 6.07) is 20.8. The molecule has 3 aromatic rings. The summed E-state index contributed by atoms with van der Waals surface area (Å²) in [5.74, 6) is 0.0415. The molecule has 0 aliphatic heterocycles. The van der Waals surface area contributed by atoms with Gasteiger partial charge in [0.15, 0.2) is 0 Å². The van der Waals surface area contributed by atoms with Gasteiger partial charge in [-0.1, -0.05) is 48.0 Å². The summed E-state index contributed by atoms with van der Waals surface area (Å²) in [6.45, 7) is 1.70. The molecule has 6 nitrogen and oxygen atoms in total. The van der Waals surface area contributed by atoms with Gasteiger partial charge < -0.3 is 10.1 Å². The van der Waals surface area contributed by atoms with Gasteiger partial charge in [-0.2, -0.15) is 4.31 Å². The molecule has 0 fully saturated rings. The molecule has 3 aromatic carbocycles. The first-order valence-electron chi connectivity index (χ1n) is 10.0. The molecule has 0 atom stereocenters. The number of rotatable bonds is 9. The molecule has 0 bridgehead atoms. The fourth-order valence-corrected chi connectivity index (χ4v) is 4.73. The minimum absolute atomic E-state index is 0.0795. The Labute approximate surface area is 193 Å². The van der Waals surface area contributed by atoms with E-state index in [0.717, 1.165) is 11.1 Å². The molecule has 0 heterocycles. The summed E-state index contributed by atoms with van der Waals surface area (Å²) in [4.78, 5) is 12.9.